The minimum atomic E-state index is -0.608. The Labute approximate surface area is 83.1 Å². The number of alkyl halides is 1. The van der Waals surface area contributed by atoms with Crippen LogP contribution in [0.3, 0.4) is 0 Å². The summed E-state index contributed by atoms with van der Waals surface area (Å²) in [5, 5.41) is 4.25. The Morgan fingerprint density at radius 2 is 2.14 bits per heavy atom. The molecule has 14 heavy (non-hydrogen) atoms. The van der Waals surface area contributed by atoms with Crippen molar-refractivity contribution in [3.05, 3.63) is 18.0 Å². The molecule has 1 aliphatic carbocycles. The third-order valence-corrected chi connectivity index (χ3v) is 2.93. The van der Waals surface area contributed by atoms with Gasteiger partial charge in [-0.05, 0) is 31.7 Å². The van der Waals surface area contributed by atoms with Crippen LogP contribution in [0.15, 0.2) is 12.3 Å². The van der Waals surface area contributed by atoms with E-state index in [1.807, 2.05) is 10.7 Å². The molecule has 2 N–H and O–H groups in total. The van der Waals surface area contributed by atoms with Crippen molar-refractivity contribution in [2.75, 3.05) is 0 Å². The highest BCUT2D eigenvalue weighted by atomic mass is 19.1. The molecule has 1 aliphatic rings. The normalized spacial score (nSPS) is 27.9. The van der Waals surface area contributed by atoms with E-state index < -0.39 is 6.17 Å². The van der Waals surface area contributed by atoms with Crippen molar-refractivity contribution in [1.29, 1.82) is 0 Å². The molecule has 0 radical (unpaired) electrons. The Morgan fingerprint density at radius 1 is 1.43 bits per heavy atom. The second-order valence-corrected chi connectivity index (χ2v) is 3.88. The van der Waals surface area contributed by atoms with Crippen LogP contribution in [0.5, 0.6) is 0 Å². The quantitative estimate of drug-likeness (QED) is 0.785. The highest BCUT2D eigenvalue weighted by Gasteiger charge is 2.23. The van der Waals surface area contributed by atoms with Crippen LogP contribution >= 0.6 is 0 Å². The summed E-state index contributed by atoms with van der Waals surface area (Å²) >= 11 is 0. The van der Waals surface area contributed by atoms with E-state index in [0.29, 0.717) is 25.4 Å². The fraction of sp³-hybridized carbons (Fsp3) is 0.700. The van der Waals surface area contributed by atoms with Crippen LogP contribution in [0.4, 0.5) is 4.39 Å². The summed E-state index contributed by atoms with van der Waals surface area (Å²) in [7, 11) is 0. The zero-order chi connectivity index (χ0) is 9.97. The Hall–Kier alpha value is -0.900. The van der Waals surface area contributed by atoms with Crippen molar-refractivity contribution < 1.29 is 4.39 Å². The third-order valence-electron chi connectivity index (χ3n) is 2.93. The predicted molar refractivity (Wildman–Crippen MR) is 52.5 cm³/mol. The van der Waals surface area contributed by atoms with Crippen molar-refractivity contribution in [3.63, 3.8) is 0 Å². The molecule has 1 heterocycles. The Morgan fingerprint density at radius 3 is 2.79 bits per heavy atom. The molecule has 0 unspecified atom stereocenters. The maximum atomic E-state index is 12.9. The van der Waals surface area contributed by atoms with Gasteiger partial charge in [-0.1, -0.05) is 0 Å². The van der Waals surface area contributed by atoms with E-state index in [2.05, 4.69) is 5.10 Å². The van der Waals surface area contributed by atoms with Crippen LogP contribution in [0, 0.1) is 0 Å². The molecule has 0 aromatic carbocycles. The lowest BCUT2D eigenvalue weighted by atomic mass is 9.94. The maximum Gasteiger partial charge on any atom is 0.100 e. The molecule has 0 atom stereocenters. The minimum absolute atomic E-state index is 0.357. The zero-order valence-corrected chi connectivity index (χ0v) is 8.19. The van der Waals surface area contributed by atoms with Crippen LogP contribution in [0.2, 0.25) is 0 Å². The van der Waals surface area contributed by atoms with Gasteiger partial charge in [-0.25, -0.2) is 4.39 Å². The smallest absolute Gasteiger partial charge is 0.100 e. The van der Waals surface area contributed by atoms with Gasteiger partial charge < -0.3 is 5.73 Å². The molecular formula is C10H16FN3. The zero-order valence-electron chi connectivity index (χ0n) is 8.19. The second-order valence-electron chi connectivity index (χ2n) is 3.88. The summed E-state index contributed by atoms with van der Waals surface area (Å²) in [6.07, 6.45) is 4.25. The van der Waals surface area contributed by atoms with E-state index in [1.54, 1.807) is 6.20 Å². The van der Waals surface area contributed by atoms with Crippen LogP contribution in [-0.2, 0) is 6.54 Å². The molecule has 0 amide bonds. The monoisotopic (exact) mass is 197 g/mol. The molecular weight excluding hydrogens is 181 g/mol. The fourth-order valence-electron chi connectivity index (χ4n) is 2.11. The molecule has 1 aromatic rings. The molecule has 0 aliphatic heterocycles. The molecule has 4 heteroatoms. The fourth-order valence-corrected chi connectivity index (χ4v) is 2.11. The number of rotatable bonds is 2. The van der Waals surface area contributed by atoms with E-state index in [-0.39, 0.29) is 0 Å². The van der Waals surface area contributed by atoms with Gasteiger partial charge >= 0.3 is 0 Å². The van der Waals surface area contributed by atoms with Crippen molar-refractivity contribution in [2.45, 2.75) is 44.4 Å². The average molecular weight is 197 g/mol. The maximum absolute atomic E-state index is 12.9. The first kappa shape index (κ1) is 9.65. The largest absolute Gasteiger partial charge is 0.325 e. The highest BCUT2D eigenvalue weighted by molar-refractivity contribution is 5.01. The van der Waals surface area contributed by atoms with E-state index >= 15 is 0 Å². The van der Waals surface area contributed by atoms with E-state index in [4.69, 9.17) is 5.73 Å². The first-order valence-corrected chi connectivity index (χ1v) is 5.18. The van der Waals surface area contributed by atoms with Gasteiger partial charge in [-0.3, -0.25) is 4.68 Å². The topological polar surface area (TPSA) is 43.8 Å². The number of nitrogens with two attached hydrogens (primary N) is 1. The van der Waals surface area contributed by atoms with E-state index in [1.165, 1.54) is 0 Å². The highest BCUT2D eigenvalue weighted by Crippen LogP contribution is 2.30. The number of hydrogen-bond donors (Lipinski definition) is 1. The van der Waals surface area contributed by atoms with Crippen LogP contribution in [-0.4, -0.2) is 16.0 Å². The van der Waals surface area contributed by atoms with Gasteiger partial charge in [0.05, 0.1) is 11.7 Å². The first-order chi connectivity index (χ1) is 6.81. The van der Waals surface area contributed by atoms with Crippen molar-refractivity contribution in [3.8, 4) is 0 Å². The molecule has 78 valence electrons. The molecule has 1 aromatic heterocycles. The molecule has 0 bridgehead atoms. The number of aromatic nitrogens is 2. The molecule has 0 spiro atoms. The van der Waals surface area contributed by atoms with Gasteiger partial charge in [-0.15, -0.1) is 0 Å². The van der Waals surface area contributed by atoms with Crippen molar-refractivity contribution in [1.82, 2.24) is 9.78 Å². The molecule has 1 saturated carbocycles. The molecule has 3 nitrogen and oxygen atoms in total. The lowest BCUT2D eigenvalue weighted by Crippen LogP contribution is -2.22. The minimum Gasteiger partial charge on any atom is -0.325 e. The van der Waals surface area contributed by atoms with E-state index in [0.717, 1.165) is 18.5 Å². The summed E-state index contributed by atoms with van der Waals surface area (Å²) in [4.78, 5) is 0. The summed E-state index contributed by atoms with van der Waals surface area (Å²) < 4.78 is 14.9. The molecule has 0 saturated heterocycles. The standard InChI is InChI=1S/C10H16FN3/c11-8-1-3-9(4-2-8)14-10(7-12)5-6-13-14/h5-6,8-9H,1-4,7,12H2. The molecule has 2 rings (SSSR count). The number of nitrogens with zero attached hydrogens (tertiary/aromatic N) is 2. The van der Waals surface area contributed by atoms with Gasteiger partial charge in [-0.2, -0.15) is 5.10 Å². The van der Waals surface area contributed by atoms with Gasteiger partial charge in [0.1, 0.15) is 6.17 Å². The van der Waals surface area contributed by atoms with Gasteiger partial charge in [0, 0.05) is 12.7 Å². The van der Waals surface area contributed by atoms with Crippen LogP contribution < -0.4 is 5.73 Å². The lowest BCUT2D eigenvalue weighted by Gasteiger charge is -2.25. The van der Waals surface area contributed by atoms with Crippen molar-refractivity contribution >= 4 is 0 Å². The lowest BCUT2D eigenvalue weighted by molar-refractivity contribution is 0.200. The Bertz CT molecular complexity index is 289. The third kappa shape index (κ3) is 1.80. The van der Waals surface area contributed by atoms with E-state index in [9.17, 15) is 4.39 Å². The summed E-state index contributed by atoms with van der Waals surface area (Å²) in [5.41, 5.74) is 6.64. The Balaban J connectivity index is 2.08. The SMILES string of the molecule is NCc1ccnn1C1CCC(F)CC1. The summed E-state index contributed by atoms with van der Waals surface area (Å²) in [6.45, 7) is 0.509. The summed E-state index contributed by atoms with van der Waals surface area (Å²) in [5.74, 6) is 0. The van der Waals surface area contributed by atoms with Gasteiger partial charge in [0.25, 0.3) is 0 Å². The summed E-state index contributed by atoms with van der Waals surface area (Å²) in [6, 6.07) is 2.29. The Kier molecular flexibility index (Phi) is 2.82. The number of hydrogen-bond acceptors (Lipinski definition) is 2. The first-order valence-electron chi connectivity index (χ1n) is 5.18. The average Bonchev–Trinajstić information content (AvgIpc) is 2.67. The van der Waals surface area contributed by atoms with Crippen LogP contribution in [0.25, 0.3) is 0 Å². The predicted octanol–water partition coefficient (Wildman–Crippen LogP) is 1.79. The van der Waals surface area contributed by atoms with Gasteiger partial charge in [0.2, 0.25) is 0 Å². The van der Waals surface area contributed by atoms with Crippen molar-refractivity contribution in [2.24, 2.45) is 5.73 Å². The molecule has 1 fully saturated rings. The number of halogens is 1. The van der Waals surface area contributed by atoms with Crippen LogP contribution in [0.1, 0.15) is 37.4 Å². The van der Waals surface area contributed by atoms with Gasteiger partial charge in [0.15, 0.2) is 0 Å². The second kappa shape index (κ2) is 4.09.